The van der Waals surface area contributed by atoms with Crippen LogP contribution in [0.15, 0.2) is 27.1 Å². The Morgan fingerprint density at radius 3 is 2.57 bits per heavy atom. The van der Waals surface area contributed by atoms with Crippen molar-refractivity contribution in [2.45, 2.75) is 6.61 Å². The number of hydrogen-bond acceptors (Lipinski definition) is 5. The molecule has 0 bridgehead atoms. The number of aromatic nitrogens is 2. The lowest BCUT2D eigenvalue weighted by atomic mass is 10.2. The molecule has 0 aliphatic carbocycles. The van der Waals surface area contributed by atoms with E-state index in [4.69, 9.17) is 9.47 Å². The third-order valence-electron chi connectivity index (χ3n) is 2.85. The lowest BCUT2D eigenvalue weighted by molar-refractivity contribution is 0.181. The average molecular weight is 417 g/mol. The van der Waals surface area contributed by atoms with Gasteiger partial charge in [-0.2, -0.15) is 0 Å². The van der Waals surface area contributed by atoms with E-state index in [2.05, 4.69) is 47.1 Å². The summed E-state index contributed by atoms with van der Waals surface area (Å²) in [7, 11) is 5.08. The quantitative estimate of drug-likeness (QED) is 0.801. The number of methoxy groups -OCH3 is 2. The van der Waals surface area contributed by atoms with Crippen LogP contribution in [0, 0.1) is 0 Å². The third-order valence-corrected chi connectivity index (χ3v) is 4.38. The molecule has 7 heteroatoms. The SMILES string of the molecule is CNc1nc(-c2cc(OC)ccc2Br)nc(COC)c1Br. The van der Waals surface area contributed by atoms with Crippen LogP contribution in [0.1, 0.15) is 5.69 Å². The first-order valence-electron chi connectivity index (χ1n) is 6.17. The van der Waals surface area contributed by atoms with Crippen LogP contribution in [-0.4, -0.2) is 31.2 Å². The van der Waals surface area contributed by atoms with Crippen LogP contribution in [0.4, 0.5) is 5.82 Å². The number of ether oxygens (including phenoxy) is 2. The lowest BCUT2D eigenvalue weighted by Crippen LogP contribution is -2.04. The maximum absolute atomic E-state index is 5.26. The van der Waals surface area contributed by atoms with Gasteiger partial charge in [0.25, 0.3) is 0 Å². The predicted octanol–water partition coefficient (Wildman–Crippen LogP) is 3.87. The minimum absolute atomic E-state index is 0.395. The smallest absolute Gasteiger partial charge is 0.163 e. The second-order valence-electron chi connectivity index (χ2n) is 4.19. The van der Waals surface area contributed by atoms with Crippen molar-refractivity contribution in [3.8, 4) is 17.1 Å². The second kappa shape index (κ2) is 7.20. The molecule has 0 aliphatic heterocycles. The van der Waals surface area contributed by atoms with E-state index in [9.17, 15) is 0 Å². The van der Waals surface area contributed by atoms with E-state index < -0.39 is 0 Å². The molecule has 0 spiro atoms. The Labute approximate surface area is 140 Å². The summed E-state index contributed by atoms with van der Waals surface area (Å²) in [6.07, 6.45) is 0. The number of nitrogens with zero attached hydrogens (tertiary/aromatic N) is 2. The summed E-state index contributed by atoms with van der Waals surface area (Å²) in [5, 5.41) is 3.05. The molecule has 1 N–H and O–H groups in total. The van der Waals surface area contributed by atoms with Gasteiger partial charge in [-0.3, -0.25) is 0 Å². The first-order valence-corrected chi connectivity index (χ1v) is 7.76. The fourth-order valence-corrected chi connectivity index (χ4v) is 2.73. The van der Waals surface area contributed by atoms with E-state index in [1.807, 2.05) is 25.2 Å². The molecule has 1 heterocycles. The summed E-state index contributed by atoms with van der Waals surface area (Å²) in [6.45, 7) is 0.395. The molecule has 0 radical (unpaired) electrons. The Bertz CT molecular complexity index is 650. The van der Waals surface area contributed by atoms with Crippen LogP contribution in [-0.2, 0) is 11.3 Å². The zero-order valence-corrected chi connectivity index (χ0v) is 15.1. The van der Waals surface area contributed by atoms with Gasteiger partial charge in [0.05, 0.1) is 23.9 Å². The van der Waals surface area contributed by atoms with Crippen molar-refractivity contribution >= 4 is 37.7 Å². The Hall–Kier alpha value is -1.18. The number of rotatable bonds is 5. The van der Waals surface area contributed by atoms with Crippen molar-refractivity contribution in [1.29, 1.82) is 0 Å². The van der Waals surface area contributed by atoms with Crippen LogP contribution in [0.25, 0.3) is 11.4 Å². The van der Waals surface area contributed by atoms with Gasteiger partial charge in [-0.15, -0.1) is 0 Å². The van der Waals surface area contributed by atoms with Crippen molar-refractivity contribution in [2.24, 2.45) is 0 Å². The summed E-state index contributed by atoms with van der Waals surface area (Å²) in [5.74, 6) is 2.06. The molecule has 0 amide bonds. The zero-order valence-electron chi connectivity index (χ0n) is 11.9. The Morgan fingerprint density at radius 1 is 1.19 bits per heavy atom. The van der Waals surface area contributed by atoms with Gasteiger partial charge in [-0.05, 0) is 34.1 Å². The van der Waals surface area contributed by atoms with Crippen LogP contribution < -0.4 is 10.1 Å². The maximum atomic E-state index is 5.26. The number of anilines is 1. The monoisotopic (exact) mass is 415 g/mol. The van der Waals surface area contributed by atoms with E-state index in [-0.39, 0.29) is 0 Å². The van der Waals surface area contributed by atoms with Gasteiger partial charge in [0, 0.05) is 24.2 Å². The standard InChI is InChI=1S/C14H15Br2N3O2/c1-17-14-12(16)11(7-20-2)18-13(19-14)9-6-8(21-3)4-5-10(9)15/h4-6H,7H2,1-3H3,(H,17,18,19). The molecule has 1 aromatic heterocycles. The Kier molecular flexibility index (Phi) is 5.55. The van der Waals surface area contributed by atoms with Crippen molar-refractivity contribution in [3.05, 3.63) is 32.8 Å². The van der Waals surface area contributed by atoms with E-state index in [0.717, 1.165) is 26.0 Å². The summed E-state index contributed by atoms with van der Waals surface area (Å²) in [6, 6.07) is 5.68. The first-order chi connectivity index (χ1) is 10.1. The topological polar surface area (TPSA) is 56.3 Å². The summed E-state index contributed by atoms with van der Waals surface area (Å²) >= 11 is 7.02. The second-order valence-corrected chi connectivity index (χ2v) is 5.83. The Morgan fingerprint density at radius 2 is 1.95 bits per heavy atom. The minimum atomic E-state index is 0.395. The first kappa shape index (κ1) is 16.2. The van der Waals surface area contributed by atoms with Gasteiger partial charge >= 0.3 is 0 Å². The minimum Gasteiger partial charge on any atom is -0.497 e. The molecule has 5 nitrogen and oxygen atoms in total. The fourth-order valence-electron chi connectivity index (χ4n) is 1.81. The van der Waals surface area contributed by atoms with Gasteiger partial charge < -0.3 is 14.8 Å². The highest BCUT2D eigenvalue weighted by Crippen LogP contribution is 2.33. The normalized spacial score (nSPS) is 10.5. The van der Waals surface area contributed by atoms with Crippen molar-refractivity contribution in [3.63, 3.8) is 0 Å². The predicted molar refractivity (Wildman–Crippen MR) is 89.7 cm³/mol. The van der Waals surface area contributed by atoms with E-state index in [1.54, 1.807) is 14.2 Å². The van der Waals surface area contributed by atoms with E-state index in [1.165, 1.54) is 0 Å². The highest BCUT2D eigenvalue weighted by molar-refractivity contribution is 9.11. The largest absolute Gasteiger partial charge is 0.497 e. The van der Waals surface area contributed by atoms with Gasteiger partial charge in [0.2, 0.25) is 0 Å². The maximum Gasteiger partial charge on any atom is 0.163 e. The zero-order chi connectivity index (χ0) is 15.4. The van der Waals surface area contributed by atoms with Crippen molar-refractivity contribution in [2.75, 3.05) is 26.6 Å². The number of nitrogens with one attached hydrogen (secondary N) is 1. The molecule has 1 aromatic carbocycles. The van der Waals surface area contributed by atoms with E-state index in [0.29, 0.717) is 18.2 Å². The highest BCUT2D eigenvalue weighted by atomic mass is 79.9. The highest BCUT2D eigenvalue weighted by Gasteiger charge is 2.15. The molecule has 0 aliphatic rings. The molecule has 2 aromatic rings. The number of hydrogen-bond donors (Lipinski definition) is 1. The lowest BCUT2D eigenvalue weighted by Gasteiger charge is -2.12. The van der Waals surface area contributed by atoms with Gasteiger partial charge in [0.1, 0.15) is 11.6 Å². The summed E-state index contributed by atoms with van der Waals surface area (Å²) < 4.78 is 12.2. The van der Waals surface area contributed by atoms with Crippen LogP contribution in [0.3, 0.4) is 0 Å². The number of halogens is 2. The summed E-state index contributed by atoms with van der Waals surface area (Å²) in [5.41, 5.74) is 1.64. The molecule has 0 atom stereocenters. The van der Waals surface area contributed by atoms with Gasteiger partial charge in [-0.25, -0.2) is 9.97 Å². The molecule has 0 saturated heterocycles. The van der Waals surface area contributed by atoms with Gasteiger partial charge in [0.15, 0.2) is 5.82 Å². The van der Waals surface area contributed by atoms with Crippen molar-refractivity contribution < 1.29 is 9.47 Å². The molecule has 112 valence electrons. The van der Waals surface area contributed by atoms with Crippen LogP contribution in [0.2, 0.25) is 0 Å². The molecular formula is C14H15Br2N3O2. The number of benzene rings is 1. The fraction of sp³-hybridized carbons (Fsp3) is 0.286. The molecule has 2 rings (SSSR count). The Balaban J connectivity index is 2.60. The van der Waals surface area contributed by atoms with Gasteiger partial charge in [-0.1, -0.05) is 15.9 Å². The molecule has 0 saturated carbocycles. The van der Waals surface area contributed by atoms with E-state index >= 15 is 0 Å². The van der Waals surface area contributed by atoms with Crippen LogP contribution >= 0.6 is 31.9 Å². The van der Waals surface area contributed by atoms with Crippen molar-refractivity contribution in [1.82, 2.24) is 9.97 Å². The molecular weight excluding hydrogens is 402 g/mol. The summed E-state index contributed by atoms with van der Waals surface area (Å²) in [4.78, 5) is 9.10. The molecule has 0 fully saturated rings. The average Bonchev–Trinajstić information content (AvgIpc) is 2.50. The molecule has 21 heavy (non-hydrogen) atoms. The third kappa shape index (κ3) is 3.53. The van der Waals surface area contributed by atoms with Crippen LogP contribution in [0.5, 0.6) is 5.75 Å². The molecule has 0 unspecified atom stereocenters.